The molecule has 2 aromatic carbocycles. The van der Waals surface area contributed by atoms with Crippen molar-refractivity contribution < 1.29 is 14.6 Å². The van der Waals surface area contributed by atoms with Gasteiger partial charge >= 0.3 is 0 Å². The van der Waals surface area contributed by atoms with Gasteiger partial charge in [-0.1, -0.05) is 56.2 Å². The highest BCUT2D eigenvalue weighted by atomic mass is 16.7. The van der Waals surface area contributed by atoms with E-state index in [1.54, 1.807) is 0 Å². The molecule has 0 fully saturated rings. The zero-order valence-electron chi connectivity index (χ0n) is 17.1. The van der Waals surface area contributed by atoms with Crippen molar-refractivity contribution in [2.24, 2.45) is 0 Å². The summed E-state index contributed by atoms with van der Waals surface area (Å²) in [7, 11) is 0. The average molecular weight is 369 g/mol. The summed E-state index contributed by atoms with van der Waals surface area (Å²) in [6, 6.07) is 9.87. The van der Waals surface area contributed by atoms with Crippen LogP contribution in [0, 0.1) is 6.92 Å². The van der Waals surface area contributed by atoms with Gasteiger partial charge in [0.05, 0.1) is 5.56 Å². The second kappa shape index (κ2) is 10.2. The third-order valence-corrected chi connectivity index (χ3v) is 4.81. The summed E-state index contributed by atoms with van der Waals surface area (Å²) in [4.78, 5) is 0. The van der Waals surface area contributed by atoms with Crippen molar-refractivity contribution in [3.63, 3.8) is 0 Å². The molecule has 0 aliphatic heterocycles. The van der Waals surface area contributed by atoms with Gasteiger partial charge in [-0.25, -0.2) is 0 Å². The molecule has 3 nitrogen and oxygen atoms in total. The van der Waals surface area contributed by atoms with Gasteiger partial charge in [0.15, 0.2) is 6.79 Å². The van der Waals surface area contributed by atoms with Crippen LogP contribution < -0.4 is 4.74 Å². The molecular weight excluding hydrogens is 336 g/mol. The summed E-state index contributed by atoms with van der Waals surface area (Å²) >= 11 is 0. The molecule has 0 aliphatic rings. The Bertz CT molecular complexity index is 777. The van der Waals surface area contributed by atoms with E-state index in [0.717, 1.165) is 40.7 Å². The molecule has 0 saturated heterocycles. The van der Waals surface area contributed by atoms with Crippen LogP contribution in [0.25, 0.3) is 16.7 Å². The van der Waals surface area contributed by atoms with Crippen molar-refractivity contribution in [1.29, 1.82) is 0 Å². The minimum absolute atomic E-state index is 0.164. The second-order valence-electron chi connectivity index (χ2n) is 6.92. The molecule has 0 bridgehead atoms. The molecule has 1 N–H and O–H groups in total. The Morgan fingerprint density at radius 1 is 1.15 bits per heavy atom. The number of hydrogen-bond acceptors (Lipinski definition) is 3. The highest BCUT2D eigenvalue weighted by molar-refractivity contribution is 5.87. The van der Waals surface area contributed by atoms with Crippen LogP contribution >= 0.6 is 0 Å². The molecule has 2 rings (SSSR count). The number of hydrogen-bond donors (Lipinski definition) is 1. The first-order chi connectivity index (χ1) is 13.0. The van der Waals surface area contributed by atoms with Crippen molar-refractivity contribution in [3.05, 3.63) is 53.6 Å². The van der Waals surface area contributed by atoms with E-state index in [0.29, 0.717) is 17.9 Å². The molecule has 27 heavy (non-hydrogen) atoms. The van der Waals surface area contributed by atoms with Gasteiger partial charge in [0, 0.05) is 6.61 Å². The predicted molar refractivity (Wildman–Crippen MR) is 113 cm³/mol. The first-order valence-corrected chi connectivity index (χ1v) is 9.82. The maximum Gasteiger partial charge on any atom is 0.189 e. The predicted octanol–water partition coefficient (Wildman–Crippen LogP) is 6.51. The maximum absolute atomic E-state index is 10.9. The number of rotatable bonds is 10. The largest absolute Gasteiger partial charge is 0.507 e. The number of aromatic hydroxyl groups is 1. The van der Waals surface area contributed by atoms with Crippen LogP contribution in [0.15, 0.2) is 36.9 Å². The Kier molecular flexibility index (Phi) is 7.93. The molecule has 0 saturated carbocycles. The average Bonchev–Trinajstić information content (AvgIpc) is 2.65. The van der Waals surface area contributed by atoms with Crippen LogP contribution in [0.5, 0.6) is 11.5 Å². The van der Waals surface area contributed by atoms with Gasteiger partial charge in [-0.3, -0.25) is 0 Å². The number of ether oxygens (including phenoxy) is 2. The smallest absolute Gasteiger partial charge is 0.189 e. The van der Waals surface area contributed by atoms with E-state index >= 15 is 0 Å². The molecule has 0 amide bonds. The number of phenolic OH excluding ortho intramolecular Hbond substituents is 1. The van der Waals surface area contributed by atoms with Crippen molar-refractivity contribution in [2.45, 2.75) is 53.4 Å². The van der Waals surface area contributed by atoms with E-state index in [-0.39, 0.29) is 12.5 Å². The van der Waals surface area contributed by atoms with Crippen LogP contribution in [0.4, 0.5) is 0 Å². The van der Waals surface area contributed by atoms with Crippen molar-refractivity contribution >= 4 is 5.57 Å². The first kappa shape index (κ1) is 21.0. The number of aryl methyl sites for hydroxylation is 1. The molecular formula is C24H32O3. The van der Waals surface area contributed by atoms with E-state index in [1.165, 1.54) is 12.8 Å². The Morgan fingerprint density at radius 3 is 2.56 bits per heavy atom. The van der Waals surface area contributed by atoms with Crippen molar-refractivity contribution in [1.82, 2.24) is 0 Å². The summed E-state index contributed by atoms with van der Waals surface area (Å²) in [5.41, 5.74) is 5.79. The lowest BCUT2D eigenvalue weighted by atomic mass is 9.90. The van der Waals surface area contributed by atoms with E-state index in [2.05, 4.69) is 20.4 Å². The lowest BCUT2D eigenvalue weighted by Crippen LogP contribution is -2.06. The fourth-order valence-corrected chi connectivity index (χ4v) is 3.32. The number of benzene rings is 2. The number of phenols is 1. The van der Waals surface area contributed by atoms with Gasteiger partial charge in [-0.15, -0.1) is 0 Å². The summed E-state index contributed by atoms with van der Waals surface area (Å²) in [5, 5.41) is 10.9. The lowest BCUT2D eigenvalue weighted by molar-refractivity contribution is 0.0222. The Labute approximate surface area is 163 Å². The van der Waals surface area contributed by atoms with Gasteiger partial charge < -0.3 is 14.6 Å². The Hall–Kier alpha value is -2.26. The Balaban J connectivity index is 2.58. The number of unbranched alkanes of at least 4 members (excludes halogenated alkanes) is 2. The highest BCUT2D eigenvalue weighted by Gasteiger charge is 2.20. The fourth-order valence-electron chi connectivity index (χ4n) is 3.32. The summed E-state index contributed by atoms with van der Waals surface area (Å²) < 4.78 is 11.4. The van der Waals surface area contributed by atoms with Crippen LogP contribution in [-0.4, -0.2) is 18.5 Å². The highest BCUT2D eigenvalue weighted by Crippen LogP contribution is 2.44. The van der Waals surface area contributed by atoms with Crippen LogP contribution in [0.1, 0.15) is 56.7 Å². The zero-order valence-corrected chi connectivity index (χ0v) is 17.1. The fraction of sp³-hybridized carbons (Fsp3) is 0.417. The summed E-state index contributed by atoms with van der Waals surface area (Å²) in [5.74, 6) is 0.941. The minimum Gasteiger partial charge on any atom is -0.507 e. The van der Waals surface area contributed by atoms with E-state index < -0.39 is 0 Å². The van der Waals surface area contributed by atoms with Gasteiger partial charge in [-0.05, 0) is 61.9 Å². The normalized spacial score (nSPS) is 10.8. The van der Waals surface area contributed by atoms with Gasteiger partial charge in [0.2, 0.25) is 0 Å². The molecule has 0 aliphatic carbocycles. The molecule has 0 unspecified atom stereocenters. The third-order valence-electron chi connectivity index (χ3n) is 4.81. The molecule has 2 aromatic rings. The molecule has 0 heterocycles. The molecule has 0 radical (unpaired) electrons. The van der Waals surface area contributed by atoms with Crippen molar-refractivity contribution in [3.8, 4) is 22.6 Å². The summed E-state index contributed by atoms with van der Waals surface area (Å²) in [6.45, 7) is 13.0. The molecule has 146 valence electrons. The van der Waals surface area contributed by atoms with Gasteiger partial charge in [0.25, 0.3) is 0 Å². The van der Waals surface area contributed by atoms with Crippen molar-refractivity contribution in [2.75, 3.05) is 13.4 Å². The second-order valence-corrected chi connectivity index (χ2v) is 6.92. The first-order valence-electron chi connectivity index (χ1n) is 9.82. The third kappa shape index (κ3) is 5.14. The molecule has 0 atom stereocenters. The SMILES string of the molecule is C=C(C)c1ccccc1-c1c(O)cc(CCCCC)c(C)c1OCOCC. The zero-order chi connectivity index (χ0) is 19.8. The van der Waals surface area contributed by atoms with E-state index in [4.69, 9.17) is 9.47 Å². The minimum atomic E-state index is 0.164. The topological polar surface area (TPSA) is 38.7 Å². The number of allylic oxidation sites excluding steroid dienone is 1. The monoisotopic (exact) mass is 368 g/mol. The van der Waals surface area contributed by atoms with Crippen LogP contribution in [0.2, 0.25) is 0 Å². The van der Waals surface area contributed by atoms with E-state index in [9.17, 15) is 5.11 Å². The maximum atomic E-state index is 10.9. The standard InChI is InChI=1S/C24H32O3/c1-6-8-9-12-19-15-22(25)23(24(18(19)5)27-16-26-7-2)21-14-11-10-13-20(21)17(3)4/h10-11,13-15,25H,3,6-9,12,16H2,1-2,4-5H3. The van der Waals surface area contributed by atoms with E-state index in [1.807, 2.05) is 44.2 Å². The van der Waals surface area contributed by atoms with Crippen LogP contribution in [-0.2, 0) is 11.2 Å². The molecule has 3 heteroatoms. The van der Waals surface area contributed by atoms with Gasteiger partial charge in [0.1, 0.15) is 11.5 Å². The van der Waals surface area contributed by atoms with Crippen LogP contribution in [0.3, 0.4) is 0 Å². The Morgan fingerprint density at radius 2 is 1.89 bits per heavy atom. The summed E-state index contributed by atoms with van der Waals surface area (Å²) in [6.07, 6.45) is 4.38. The van der Waals surface area contributed by atoms with Gasteiger partial charge in [-0.2, -0.15) is 0 Å². The lowest BCUT2D eigenvalue weighted by Gasteiger charge is -2.20. The quantitative estimate of drug-likeness (QED) is 0.384. The molecule has 0 spiro atoms. The molecule has 0 aromatic heterocycles.